The highest BCUT2D eigenvalue weighted by molar-refractivity contribution is 5.94. The summed E-state index contributed by atoms with van der Waals surface area (Å²) >= 11 is 0. The molecule has 182 valence electrons. The maximum absolute atomic E-state index is 12.6. The van der Waals surface area contributed by atoms with E-state index in [1.54, 1.807) is 37.3 Å². The summed E-state index contributed by atoms with van der Waals surface area (Å²) in [6.45, 7) is 2.12. The first-order chi connectivity index (χ1) is 15.7. The second-order valence-electron chi connectivity index (χ2n) is 6.70. The van der Waals surface area contributed by atoms with E-state index in [1.807, 2.05) is 0 Å². The fourth-order valence-electron chi connectivity index (χ4n) is 2.71. The zero-order valence-electron chi connectivity index (χ0n) is 18.4. The average molecular weight is 467 g/mol. The quantitative estimate of drug-likeness (QED) is 0.217. The predicted molar refractivity (Wildman–Crippen MR) is 113 cm³/mol. The van der Waals surface area contributed by atoms with Crippen LogP contribution in [-0.2, 0) is 40.0 Å². The number of esters is 2. The molecule has 1 rings (SSSR count). The summed E-state index contributed by atoms with van der Waals surface area (Å²) in [5.74, 6) is -5.40. The number of primary amides is 1. The van der Waals surface area contributed by atoms with E-state index in [0.717, 1.165) is 0 Å². The van der Waals surface area contributed by atoms with Gasteiger partial charge in [0.2, 0.25) is 11.8 Å². The number of aliphatic hydroxyl groups is 1. The second-order valence-corrected chi connectivity index (χ2v) is 6.70. The van der Waals surface area contributed by atoms with Crippen molar-refractivity contribution in [3.63, 3.8) is 0 Å². The van der Waals surface area contributed by atoms with Gasteiger partial charge < -0.3 is 35.7 Å². The van der Waals surface area contributed by atoms with Crippen LogP contribution in [0.1, 0.15) is 25.8 Å². The monoisotopic (exact) mass is 467 g/mol. The molecule has 0 saturated carbocycles. The van der Waals surface area contributed by atoms with Gasteiger partial charge in [0, 0.05) is 0 Å². The molecule has 3 atom stereocenters. The highest BCUT2D eigenvalue weighted by atomic mass is 16.6. The molecule has 1 aromatic carbocycles. The summed E-state index contributed by atoms with van der Waals surface area (Å²) < 4.78 is 14.7. The third-order valence-corrected chi connectivity index (χ3v) is 4.29. The third kappa shape index (κ3) is 9.56. The van der Waals surface area contributed by atoms with E-state index >= 15 is 0 Å². The zero-order valence-corrected chi connectivity index (χ0v) is 18.4. The van der Waals surface area contributed by atoms with Gasteiger partial charge in [-0.3, -0.25) is 19.2 Å². The van der Waals surface area contributed by atoms with E-state index in [2.05, 4.69) is 10.6 Å². The van der Waals surface area contributed by atoms with Gasteiger partial charge in [-0.25, -0.2) is 4.79 Å². The van der Waals surface area contributed by atoms with Crippen LogP contribution in [0.25, 0.3) is 0 Å². The molecule has 0 unspecified atom stereocenters. The number of benzene rings is 1. The molecule has 0 spiro atoms. The number of hydrogen-bond donors (Lipinski definition) is 4. The number of rotatable bonds is 13. The lowest BCUT2D eigenvalue weighted by Crippen LogP contribution is -2.58. The Morgan fingerprint density at radius 3 is 2.15 bits per heavy atom. The number of hydrogen-bond acceptors (Lipinski definition) is 9. The molecule has 0 aliphatic carbocycles. The minimum absolute atomic E-state index is 0.0313. The van der Waals surface area contributed by atoms with Crippen LogP contribution in [0.5, 0.6) is 0 Å². The Hall–Kier alpha value is -3.67. The van der Waals surface area contributed by atoms with Gasteiger partial charge in [0.1, 0.15) is 18.7 Å². The minimum atomic E-state index is -1.67. The molecule has 0 aliphatic rings. The molecule has 0 aliphatic heterocycles. The number of nitrogens with one attached hydrogen (secondary N) is 2. The SMILES string of the molecule is CCOC(=O)C[C@H](C(=O)OCC)[C@@H](NC(=O)[C@H](CO)NC(=O)OCc1ccccc1)C(N)=O. The fraction of sp³-hybridized carbons (Fsp3) is 0.476. The van der Waals surface area contributed by atoms with Crippen molar-refractivity contribution in [3.8, 4) is 0 Å². The average Bonchev–Trinajstić information content (AvgIpc) is 2.79. The zero-order chi connectivity index (χ0) is 24.8. The van der Waals surface area contributed by atoms with Gasteiger partial charge in [0.25, 0.3) is 0 Å². The van der Waals surface area contributed by atoms with Gasteiger partial charge in [-0.05, 0) is 19.4 Å². The van der Waals surface area contributed by atoms with Crippen molar-refractivity contribution in [2.75, 3.05) is 19.8 Å². The standard InChI is InChI=1S/C21H29N3O9/c1-3-31-16(26)10-14(20(29)32-4-2)17(18(22)27)24-19(28)15(11-25)23-21(30)33-12-13-8-6-5-7-9-13/h5-9,14-15,17,25H,3-4,10-12H2,1-2H3,(H2,22,27)(H,23,30)(H,24,28)/t14-,15-,17+/m0/s1. The summed E-state index contributed by atoms with van der Waals surface area (Å²) in [5, 5.41) is 13.8. The van der Waals surface area contributed by atoms with E-state index in [0.29, 0.717) is 5.56 Å². The lowest BCUT2D eigenvalue weighted by atomic mass is 9.95. The molecule has 12 heteroatoms. The maximum Gasteiger partial charge on any atom is 0.408 e. The van der Waals surface area contributed by atoms with Crippen LogP contribution in [0.3, 0.4) is 0 Å². The van der Waals surface area contributed by atoms with Crippen LogP contribution in [0.2, 0.25) is 0 Å². The van der Waals surface area contributed by atoms with Gasteiger partial charge in [-0.1, -0.05) is 30.3 Å². The molecule has 0 heterocycles. The van der Waals surface area contributed by atoms with Crippen molar-refractivity contribution in [1.29, 1.82) is 0 Å². The first-order valence-electron chi connectivity index (χ1n) is 10.2. The van der Waals surface area contributed by atoms with Gasteiger partial charge >= 0.3 is 18.0 Å². The minimum Gasteiger partial charge on any atom is -0.466 e. The third-order valence-electron chi connectivity index (χ3n) is 4.29. The number of nitrogens with two attached hydrogens (primary N) is 1. The molecule has 12 nitrogen and oxygen atoms in total. The van der Waals surface area contributed by atoms with Crippen molar-refractivity contribution < 1.29 is 43.3 Å². The van der Waals surface area contributed by atoms with E-state index in [1.165, 1.54) is 6.92 Å². The Balaban J connectivity index is 2.86. The number of alkyl carbamates (subject to hydrolysis) is 1. The van der Waals surface area contributed by atoms with Crippen LogP contribution in [-0.4, -0.2) is 66.9 Å². The summed E-state index contributed by atoms with van der Waals surface area (Å²) in [7, 11) is 0. The summed E-state index contributed by atoms with van der Waals surface area (Å²) in [5.41, 5.74) is 6.03. The Labute approximate surface area is 190 Å². The van der Waals surface area contributed by atoms with Gasteiger partial charge in [-0.15, -0.1) is 0 Å². The molecule has 3 amide bonds. The molecule has 1 aromatic rings. The van der Waals surface area contributed by atoms with Crippen molar-refractivity contribution in [2.24, 2.45) is 11.7 Å². The molecular weight excluding hydrogens is 438 g/mol. The molecular formula is C21H29N3O9. The maximum atomic E-state index is 12.6. The Bertz CT molecular complexity index is 816. The molecule has 0 bridgehead atoms. The number of amides is 3. The topological polar surface area (TPSA) is 183 Å². The number of carbonyl (C=O) groups is 5. The van der Waals surface area contributed by atoms with Crippen molar-refractivity contribution >= 4 is 29.8 Å². The number of aliphatic hydroxyl groups excluding tert-OH is 1. The van der Waals surface area contributed by atoms with Gasteiger partial charge in [0.05, 0.1) is 32.2 Å². The van der Waals surface area contributed by atoms with Crippen LogP contribution in [0.4, 0.5) is 4.79 Å². The Morgan fingerprint density at radius 2 is 1.61 bits per heavy atom. The molecule has 0 saturated heterocycles. The van der Waals surface area contributed by atoms with Crippen molar-refractivity contribution in [3.05, 3.63) is 35.9 Å². The summed E-state index contributed by atoms with van der Waals surface area (Å²) in [6, 6.07) is 5.54. The molecule has 0 fully saturated rings. The van der Waals surface area contributed by atoms with Gasteiger partial charge in [0.15, 0.2) is 0 Å². The molecule has 33 heavy (non-hydrogen) atoms. The first kappa shape index (κ1) is 27.4. The van der Waals surface area contributed by atoms with Crippen molar-refractivity contribution in [1.82, 2.24) is 10.6 Å². The molecule has 5 N–H and O–H groups in total. The smallest absolute Gasteiger partial charge is 0.408 e. The van der Waals surface area contributed by atoms with Gasteiger partial charge in [-0.2, -0.15) is 0 Å². The summed E-state index contributed by atoms with van der Waals surface area (Å²) in [6.07, 6.45) is -1.59. The Kier molecular flexibility index (Phi) is 11.9. The predicted octanol–water partition coefficient (Wildman–Crippen LogP) is -0.624. The lowest BCUT2D eigenvalue weighted by Gasteiger charge is -2.25. The van der Waals surface area contributed by atoms with E-state index in [9.17, 15) is 29.1 Å². The van der Waals surface area contributed by atoms with E-state index < -0.39 is 60.9 Å². The highest BCUT2D eigenvalue weighted by Crippen LogP contribution is 2.14. The van der Waals surface area contributed by atoms with E-state index in [4.69, 9.17) is 19.9 Å². The van der Waals surface area contributed by atoms with Crippen molar-refractivity contribution in [2.45, 2.75) is 39.0 Å². The highest BCUT2D eigenvalue weighted by Gasteiger charge is 2.38. The Morgan fingerprint density at radius 1 is 0.970 bits per heavy atom. The first-order valence-corrected chi connectivity index (χ1v) is 10.2. The van der Waals surface area contributed by atoms with E-state index in [-0.39, 0.29) is 19.8 Å². The number of carbonyl (C=O) groups excluding carboxylic acids is 5. The number of ether oxygens (including phenoxy) is 3. The normalized spacial score (nSPS) is 13.1. The lowest BCUT2D eigenvalue weighted by molar-refractivity contribution is -0.157. The fourth-order valence-corrected chi connectivity index (χ4v) is 2.71. The second kappa shape index (κ2) is 14.4. The van der Waals surface area contributed by atoms with Crippen LogP contribution in [0.15, 0.2) is 30.3 Å². The summed E-state index contributed by atoms with van der Waals surface area (Å²) in [4.78, 5) is 60.8. The largest absolute Gasteiger partial charge is 0.466 e. The molecule has 0 radical (unpaired) electrons. The van der Waals surface area contributed by atoms with Crippen LogP contribution >= 0.6 is 0 Å². The molecule has 0 aromatic heterocycles. The van der Waals surface area contributed by atoms with Crippen LogP contribution < -0.4 is 16.4 Å². The van der Waals surface area contributed by atoms with Crippen LogP contribution in [0, 0.1) is 5.92 Å².